The predicted octanol–water partition coefficient (Wildman–Crippen LogP) is 0.695. The number of methoxy groups -OCH3 is 1. The molecule has 0 amide bonds. The number of carbonyl (C=O) groups is 2. The van der Waals surface area contributed by atoms with E-state index < -0.39 is 0 Å². The average molecular weight is 154 g/mol. The summed E-state index contributed by atoms with van der Waals surface area (Å²) in [6.45, 7) is 1.73. The van der Waals surface area contributed by atoms with Crippen LogP contribution in [0.15, 0.2) is 11.8 Å². The fourth-order valence-corrected chi connectivity index (χ4v) is 1.07. The molecular weight excluding hydrogens is 144 g/mol. The summed E-state index contributed by atoms with van der Waals surface area (Å²) in [7, 11) is 1.40. The Labute approximate surface area is 65.0 Å². The Kier molecular flexibility index (Phi) is 2.08. The summed E-state index contributed by atoms with van der Waals surface area (Å²) in [4.78, 5) is 22.0. The highest BCUT2D eigenvalue weighted by Crippen LogP contribution is 2.17. The topological polar surface area (TPSA) is 43.4 Å². The van der Waals surface area contributed by atoms with E-state index in [2.05, 4.69) is 0 Å². The number of carbonyl (C=O) groups excluding carboxylic acids is 2. The van der Waals surface area contributed by atoms with Crippen LogP contribution in [0, 0.1) is 5.92 Å². The van der Waals surface area contributed by atoms with Crippen molar-refractivity contribution < 1.29 is 14.3 Å². The molecule has 0 radical (unpaired) electrons. The summed E-state index contributed by atoms with van der Waals surface area (Å²) >= 11 is 0. The van der Waals surface area contributed by atoms with Crippen LogP contribution in [0.4, 0.5) is 0 Å². The molecule has 1 atom stereocenters. The number of ketones is 2. The summed E-state index contributed by atoms with van der Waals surface area (Å²) in [6.07, 6.45) is 1.58. The summed E-state index contributed by atoms with van der Waals surface area (Å²) in [5, 5.41) is 0. The van der Waals surface area contributed by atoms with E-state index in [1.165, 1.54) is 13.2 Å². The number of hydrogen-bond acceptors (Lipinski definition) is 3. The lowest BCUT2D eigenvalue weighted by atomic mass is 9.93. The van der Waals surface area contributed by atoms with Crippen LogP contribution in [-0.2, 0) is 14.3 Å². The minimum atomic E-state index is -0.220. The quantitative estimate of drug-likeness (QED) is 0.558. The Morgan fingerprint density at radius 1 is 1.55 bits per heavy atom. The van der Waals surface area contributed by atoms with Gasteiger partial charge < -0.3 is 4.74 Å². The molecule has 0 saturated heterocycles. The Bertz CT molecular complexity index is 227. The first-order valence-electron chi connectivity index (χ1n) is 3.48. The van der Waals surface area contributed by atoms with E-state index in [4.69, 9.17) is 4.74 Å². The van der Waals surface area contributed by atoms with E-state index in [1.807, 2.05) is 0 Å². The molecule has 0 N–H and O–H groups in total. The van der Waals surface area contributed by atoms with Gasteiger partial charge in [0.05, 0.1) is 7.11 Å². The summed E-state index contributed by atoms with van der Waals surface area (Å²) in [5.74, 6) is -0.141. The molecule has 0 aromatic heterocycles. The van der Waals surface area contributed by atoms with Crippen molar-refractivity contribution in [2.75, 3.05) is 7.11 Å². The molecule has 3 heteroatoms. The van der Waals surface area contributed by atoms with Crippen molar-refractivity contribution in [3.05, 3.63) is 11.8 Å². The van der Waals surface area contributed by atoms with Gasteiger partial charge in [-0.25, -0.2) is 0 Å². The van der Waals surface area contributed by atoms with Crippen LogP contribution in [0.3, 0.4) is 0 Å². The van der Waals surface area contributed by atoms with Gasteiger partial charge in [-0.2, -0.15) is 0 Å². The molecule has 1 unspecified atom stereocenters. The predicted molar refractivity (Wildman–Crippen MR) is 38.9 cm³/mol. The van der Waals surface area contributed by atoms with Gasteiger partial charge in [0.1, 0.15) is 0 Å². The van der Waals surface area contributed by atoms with E-state index >= 15 is 0 Å². The zero-order valence-electron chi connectivity index (χ0n) is 6.59. The molecule has 0 aromatic carbocycles. The SMILES string of the molecule is COC1=CC(=O)CC(C)C1=O. The highest BCUT2D eigenvalue weighted by molar-refractivity contribution is 6.08. The van der Waals surface area contributed by atoms with Crippen LogP contribution in [0.1, 0.15) is 13.3 Å². The highest BCUT2D eigenvalue weighted by atomic mass is 16.5. The number of rotatable bonds is 1. The fraction of sp³-hybridized carbons (Fsp3) is 0.500. The van der Waals surface area contributed by atoms with E-state index in [0.29, 0.717) is 6.42 Å². The van der Waals surface area contributed by atoms with Gasteiger partial charge in [-0.3, -0.25) is 9.59 Å². The second-order valence-corrected chi connectivity index (χ2v) is 2.65. The molecule has 0 saturated carbocycles. The number of hydrogen-bond donors (Lipinski definition) is 0. The van der Waals surface area contributed by atoms with Crippen molar-refractivity contribution in [1.29, 1.82) is 0 Å². The van der Waals surface area contributed by atoms with Crippen LogP contribution >= 0.6 is 0 Å². The second kappa shape index (κ2) is 2.86. The lowest BCUT2D eigenvalue weighted by Gasteiger charge is -2.14. The first-order chi connectivity index (χ1) is 5.15. The molecule has 0 aromatic rings. The largest absolute Gasteiger partial charge is 0.493 e. The van der Waals surface area contributed by atoms with Gasteiger partial charge >= 0.3 is 0 Å². The third-order valence-corrected chi connectivity index (χ3v) is 1.71. The molecule has 0 bridgehead atoms. The molecule has 1 aliphatic rings. The van der Waals surface area contributed by atoms with Gasteiger partial charge in [0.15, 0.2) is 11.5 Å². The maximum Gasteiger partial charge on any atom is 0.200 e. The average Bonchev–Trinajstić information content (AvgIpc) is 1.96. The van der Waals surface area contributed by atoms with Crippen molar-refractivity contribution >= 4 is 11.6 Å². The van der Waals surface area contributed by atoms with Crippen LogP contribution in [-0.4, -0.2) is 18.7 Å². The molecule has 0 heterocycles. The standard InChI is InChI=1S/C8H10O3/c1-5-3-6(9)4-7(11-2)8(5)10/h4-5H,3H2,1-2H3. The maximum absolute atomic E-state index is 11.2. The van der Waals surface area contributed by atoms with Crippen molar-refractivity contribution in [1.82, 2.24) is 0 Å². The zero-order chi connectivity index (χ0) is 8.43. The fourth-order valence-electron chi connectivity index (χ4n) is 1.07. The van der Waals surface area contributed by atoms with Gasteiger partial charge in [-0.1, -0.05) is 6.92 Å². The number of ether oxygens (including phenoxy) is 1. The first-order valence-corrected chi connectivity index (χ1v) is 3.48. The van der Waals surface area contributed by atoms with E-state index in [-0.39, 0.29) is 23.2 Å². The molecular formula is C8H10O3. The van der Waals surface area contributed by atoms with Gasteiger partial charge in [-0.15, -0.1) is 0 Å². The summed E-state index contributed by atoms with van der Waals surface area (Å²) in [6, 6.07) is 0. The Balaban J connectivity index is 2.90. The van der Waals surface area contributed by atoms with E-state index in [9.17, 15) is 9.59 Å². The van der Waals surface area contributed by atoms with Crippen molar-refractivity contribution in [3.8, 4) is 0 Å². The molecule has 3 nitrogen and oxygen atoms in total. The van der Waals surface area contributed by atoms with Crippen molar-refractivity contribution in [3.63, 3.8) is 0 Å². The van der Waals surface area contributed by atoms with Gasteiger partial charge in [-0.05, 0) is 0 Å². The van der Waals surface area contributed by atoms with Crippen LogP contribution in [0.2, 0.25) is 0 Å². The normalized spacial score (nSPS) is 24.9. The van der Waals surface area contributed by atoms with Gasteiger partial charge in [0.2, 0.25) is 5.78 Å². The molecule has 60 valence electrons. The van der Waals surface area contributed by atoms with E-state index in [0.717, 1.165) is 0 Å². The van der Waals surface area contributed by atoms with Crippen LogP contribution in [0.5, 0.6) is 0 Å². The molecule has 0 spiro atoms. The molecule has 0 fully saturated rings. The molecule has 0 aliphatic heterocycles. The second-order valence-electron chi connectivity index (χ2n) is 2.65. The zero-order valence-corrected chi connectivity index (χ0v) is 6.59. The van der Waals surface area contributed by atoms with Crippen molar-refractivity contribution in [2.45, 2.75) is 13.3 Å². The summed E-state index contributed by atoms with van der Waals surface area (Å²) in [5.41, 5.74) is 0. The lowest BCUT2D eigenvalue weighted by Crippen LogP contribution is -2.23. The monoisotopic (exact) mass is 154 g/mol. The van der Waals surface area contributed by atoms with Gasteiger partial charge in [0, 0.05) is 18.4 Å². The minimum Gasteiger partial charge on any atom is -0.493 e. The number of allylic oxidation sites excluding steroid dienone is 2. The Morgan fingerprint density at radius 3 is 2.73 bits per heavy atom. The minimum absolute atomic E-state index is 0.0334. The van der Waals surface area contributed by atoms with Gasteiger partial charge in [0.25, 0.3) is 0 Å². The van der Waals surface area contributed by atoms with Crippen LogP contribution < -0.4 is 0 Å². The number of Topliss-reactive ketones (excluding diaryl/α,β-unsaturated/α-hetero) is 1. The third kappa shape index (κ3) is 1.48. The van der Waals surface area contributed by atoms with Crippen LogP contribution in [0.25, 0.3) is 0 Å². The highest BCUT2D eigenvalue weighted by Gasteiger charge is 2.26. The summed E-state index contributed by atoms with van der Waals surface area (Å²) < 4.78 is 4.73. The Morgan fingerprint density at radius 2 is 2.18 bits per heavy atom. The third-order valence-electron chi connectivity index (χ3n) is 1.71. The molecule has 1 rings (SSSR count). The van der Waals surface area contributed by atoms with E-state index in [1.54, 1.807) is 6.92 Å². The maximum atomic E-state index is 11.2. The lowest BCUT2D eigenvalue weighted by molar-refractivity contribution is -0.127. The Hall–Kier alpha value is -1.12. The molecule has 11 heavy (non-hydrogen) atoms. The van der Waals surface area contributed by atoms with Crippen molar-refractivity contribution in [2.24, 2.45) is 5.92 Å². The molecule has 1 aliphatic carbocycles. The smallest absolute Gasteiger partial charge is 0.200 e. The first kappa shape index (κ1) is 7.98.